The quantitative estimate of drug-likeness (QED) is 0.715. The SMILES string of the molecule is O=Cc1cnc(CCC(F)(F)F)s1. The van der Waals surface area contributed by atoms with Crippen LogP contribution in [0.1, 0.15) is 21.1 Å². The smallest absolute Gasteiger partial charge is 0.297 e. The molecule has 1 aromatic rings. The van der Waals surface area contributed by atoms with E-state index in [9.17, 15) is 18.0 Å². The lowest BCUT2D eigenvalue weighted by Gasteiger charge is -2.02. The molecule has 0 aliphatic carbocycles. The minimum atomic E-state index is -4.16. The van der Waals surface area contributed by atoms with E-state index in [1.54, 1.807) is 0 Å². The molecule has 0 saturated heterocycles. The highest BCUT2D eigenvalue weighted by Crippen LogP contribution is 2.23. The number of aryl methyl sites for hydroxylation is 1. The first-order valence-corrected chi connectivity index (χ1v) is 4.29. The molecule has 0 amide bonds. The summed E-state index contributed by atoms with van der Waals surface area (Å²) in [5.74, 6) is 0. The highest BCUT2D eigenvalue weighted by molar-refractivity contribution is 7.13. The summed E-state index contributed by atoms with van der Waals surface area (Å²) in [4.78, 5) is 14.2. The number of carbonyl (C=O) groups excluding carboxylic acids is 1. The molecule has 6 heteroatoms. The van der Waals surface area contributed by atoms with Crippen LogP contribution in [-0.4, -0.2) is 17.4 Å². The van der Waals surface area contributed by atoms with Crippen LogP contribution in [-0.2, 0) is 6.42 Å². The van der Waals surface area contributed by atoms with E-state index in [1.807, 2.05) is 0 Å². The second-order valence-electron chi connectivity index (χ2n) is 2.39. The molecule has 0 aliphatic rings. The second kappa shape index (κ2) is 3.87. The molecule has 1 aromatic heterocycles. The Bertz CT molecular complexity index is 294. The van der Waals surface area contributed by atoms with E-state index in [0.717, 1.165) is 11.3 Å². The Hall–Kier alpha value is -0.910. The van der Waals surface area contributed by atoms with Crippen molar-refractivity contribution in [2.45, 2.75) is 19.0 Å². The maximum Gasteiger partial charge on any atom is 0.389 e. The zero-order valence-corrected chi connectivity index (χ0v) is 7.28. The number of aldehydes is 1. The van der Waals surface area contributed by atoms with Crippen LogP contribution in [0, 0.1) is 0 Å². The molecule has 0 unspecified atom stereocenters. The summed E-state index contributed by atoms with van der Waals surface area (Å²) in [6.07, 6.45) is -3.34. The van der Waals surface area contributed by atoms with Crippen molar-refractivity contribution >= 4 is 17.6 Å². The number of hydrogen-bond acceptors (Lipinski definition) is 3. The van der Waals surface area contributed by atoms with Crippen molar-refractivity contribution < 1.29 is 18.0 Å². The van der Waals surface area contributed by atoms with Crippen molar-refractivity contribution in [1.29, 1.82) is 0 Å². The van der Waals surface area contributed by atoms with Crippen molar-refractivity contribution in [3.8, 4) is 0 Å². The fraction of sp³-hybridized carbons (Fsp3) is 0.429. The molecule has 0 N–H and O–H groups in total. The maximum atomic E-state index is 11.7. The Morgan fingerprint density at radius 3 is 2.69 bits per heavy atom. The van der Waals surface area contributed by atoms with E-state index >= 15 is 0 Å². The van der Waals surface area contributed by atoms with Gasteiger partial charge in [-0.25, -0.2) is 4.98 Å². The third-order valence-electron chi connectivity index (χ3n) is 1.31. The van der Waals surface area contributed by atoms with E-state index in [4.69, 9.17) is 0 Å². The summed E-state index contributed by atoms with van der Waals surface area (Å²) in [6.45, 7) is 0. The van der Waals surface area contributed by atoms with Crippen molar-refractivity contribution in [2.75, 3.05) is 0 Å². The molecule has 0 atom stereocenters. The third-order valence-corrected chi connectivity index (χ3v) is 2.29. The highest BCUT2D eigenvalue weighted by Gasteiger charge is 2.27. The van der Waals surface area contributed by atoms with Crippen LogP contribution in [0.15, 0.2) is 6.20 Å². The van der Waals surface area contributed by atoms with Gasteiger partial charge in [0.2, 0.25) is 0 Å². The van der Waals surface area contributed by atoms with Gasteiger partial charge < -0.3 is 0 Å². The predicted octanol–water partition coefficient (Wildman–Crippen LogP) is 2.45. The molecule has 0 aromatic carbocycles. The lowest BCUT2D eigenvalue weighted by molar-refractivity contribution is -0.133. The van der Waals surface area contributed by atoms with Gasteiger partial charge in [-0.05, 0) is 0 Å². The number of carbonyl (C=O) groups is 1. The van der Waals surface area contributed by atoms with Gasteiger partial charge in [-0.1, -0.05) is 0 Å². The first-order chi connectivity index (χ1) is 6.01. The Morgan fingerprint density at radius 2 is 2.23 bits per heavy atom. The zero-order valence-electron chi connectivity index (χ0n) is 6.47. The minimum Gasteiger partial charge on any atom is -0.297 e. The number of hydrogen-bond donors (Lipinski definition) is 0. The van der Waals surface area contributed by atoms with Crippen LogP contribution in [0.5, 0.6) is 0 Å². The number of alkyl halides is 3. The lowest BCUT2D eigenvalue weighted by atomic mass is 10.3. The van der Waals surface area contributed by atoms with Gasteiger partial charge in [0.05, 0.1) is 9.88 Å². The van der Waals surface area contributed by atoms with Crippen molar-refractivity contribution in [3.05, 3.63) is 16.1 Å². The normalized spacial score (nSPS) is 11.6. The largest absolute Gasteiger partial charge is 0.389 e. The molecule has 72 valence electrons. The fourth-order valence-electron chi connectivity index (χ4n) is 0.743. The Kier molecular flexibility index (Phi) is 3.02. The van der Waals surface area contributed by atoms with Crippen LogP contribution in [0.25, 0.3) is 0 Å². The molecule has 0 spiro atoms. The van der Waals surface area contributed by atoms with Crippen LogP contribution >= 0.6 is 11.3 Å². The number of rotatable bonds is 3. The van der Waals surface area contributed by atoms with Crippen molar-refractivity contribution in [2.24, 2.45) is 0 Å². The molecule has 0 fully saturated rings. The number of nitrogens with zero attached hydrogens (tertiary/aromatic N) is 1. The molecule has 1 rings (SSSR count). The first kappa shape index (κ1) is 10.2. The van der Waals surface area contributed by atoms with Gasteiger partial charge in [0.25, 0.3) is 0 Å². The standard InChI is InChI=1S/C7H6F3NOS/c8-7(9,10)2-1-6-11-3-5(4-12)13-6/h3-4H,1-2H2. The van der Waals surface area contributed by atoms with Gasteiger partial charge in [-0.2, -0.15) is 13.2 Å². The summed E-state index contributed by atoms with van der Waals surface area (Å²) in [7, 11) is 0. The topological polar surface area (TPSA) is 30.0 Å². The van der Waals surface area contributed by atoms with Gasteiger partial charge in [-0.15, -0.1) is 11.3 Å². The maximum absolute atomic E-state index is 11.7. The average Bonchev–Trinajstić information content (AvgIpc) is 2.47. The molecular weight excluding hydrogens is 203 g/mol. The molecule has 0 saturated carbocycles. The van der Waals surface area contributed by atoms with E-state index in [-0.39, 0.29) is 6.42 Å². The van der Waals surface area contributed by atoms with Crippen LogP contribution in [0.4, 0.5) is 13.2 Å². The fourth-order valence-corrected chi connectivity index (χ4v) is 1.48. The van der Waals surface area contributed by atoms with E-state index in [2.05, 4.69) is 4.98 Å². The van der Waals surface area contributed by atoms with Crippen LogP contribution < -0.4 is 0 Å². The first-order valence-electron chi connectivity index (χ1n) is 3.48. The summed E-state index contributed by atoms with van der Waals surface area (Å²) >= 11 is 0.994. The Labute approximate surface area is 76.4 Å². The van der Waals surface area contributed by atoms with E-state index in [0.29, 0.717) is 16.2 Å². The Balaban J connectivity index is 2.50. The molecule has 0 radical (unpaired) electrons. The summed E-state index contributed by atoms with van der Waals surface area (Å²) in [5, 5.41) is 0.347. The predicted molar refractivity (Wildman–Crippen MR) is 41.9 cm³/mol. The summed E-state index contributed by atoms with van der Waals surface area (Å²) in [6, 6.07) is 0. The highest BCUT2D eigenvalue weighted by atomic mass is 32.1. The monoisotopic (exact) mass is 209 g/mol. The molecule has 1 heterocycles. The number of halogens is 3. The van der Waals surface area contributed by atoms with Crippen LogP contribution in [0.3, 0.4) is 0 Å². The molecule has 0 bridgehead atoms. The van der Waals surface area contributed by atoms with E-state index < -0.39 is 12.6 Å². The zero-order chi connectivity index (χ0) is 9.90. The molecular formula is C7H6F3NOS. The van der Waals surface area contributed by atoms with Gasteiger partial charge in [0, 0.05) is 19.0 Å². The molecule has 13 heavy (non-hydrogen) atoms. The second-order valence-corrected chi connectivity index (χ2v) is 3.54. The van der Waals surface area contributed by atoms with Crippen molar-refractivity contribution in [1.82, 2.24) is 4.98 Å². The van der Waals surface area contributed by atoms with Crippen molar-refractivity contribution in [3.63, 3.8) is 0 Å². The summed E-state index contributed by atoms with van der Waals surface area (Å²) in [5.41, 5.74) is 0. The number of thiazole rings is 1. The Morgan fingerprint density at radius 1 is 1.54 bits per heavy atom. The molecule has 0 aliphatic heterocycles. The van der Waals surface area contributed by atoms with Gasteiger partial charge in [0.1, 0.15) is 0 Å². The van der Waals surface area contributed by atoms with E-state index in [1.165, 1.54) is 6.20 Å². The minimum absolute atomic E-state index is 0.151. The number of aromatic nitrogens is 1. The van der Waals surface area contributed by atoms with Gasteiger partial charge >= 0.3 is 6.18 Å². The molecule has 2 nitrogen and oxygen atoms in total. The van der Waals surface area contributed by atoms with Gasteiger partial charge in [-0.3, -0.25) is 4.79 Å². The average molecular weight is 209 g/mol. The van der Waals surface area contributed by atoms with Gasteiger partial charge in [0.15, 0.2) is 6.29 Å². The van der Waals surface area contributed by atoms with Crippen LogP contribution in [0.2, 0.25) is 0 Å². The summed E-state index contributed by atoms with van der Waals surface area (Å²) < 4.78 is 35.2. The lowest BCUT2D eigenvalue weighted by Crippen LogP contribution is -2.08. The third kappa shape index (κ3) is 3.54.